The van der Waals surface area contributed by atoms with Gasteiger partial charge in [-0.2, -0.15) is 0 Å². The minimum Gasteiger partial charge on any atom is -0.465 e. The third-order valence-corrected chi connectivity index (χ3v) is 7.62. The molecule has 0 saturated carbocycles. The maximum atomic E-state index is 12.4. The fourth-order valence-electron chi connectivity index (χ4n) is 5.90. The molecule has 0 heterocycles. The van der Waals surface area contributed by atoms with Crippen LogP contribution in [0, 0.1) is 12.8 Å². The van der Waals surface area contributed by atoms with Gasteiger partial charge in [0.15, 0.2) is 0 Å². The number of benzene rings is 4. The second-order valence-corrected chi connectivity index (χ2v) is 9.83. The Bertz CT molecular complexity index is 1330. The molecule has 0 saturated heterocycles. The van der Waals surface area contributed by atoms with Gasteiger partial charge in [-0.3, -0.25) is 0 Å². The minimum absolute atomic E-state index is 0.260. The Morgan fingerprint density at radius 1 is 0.971 bits per heavy atom. The largest absolute Gasteiger partial charge is 0.465 e. The first kappa shape index (κ1) is 22.4. The van der Waals surface area contributed by atoms with E-state index in [9.17, 15) is 4.79 Å². The van der Waals surface area contributed by atoms with Crippen molar-refractivity contribution in [3.05, 3.63) is 118 Å². The molecule has 0 aliphatic heterocycles. The van der Waals surface area contributed by atoms with Gasteiger partial charge in [-0.15, -0.1) is 0 Å². The van der Waals surface area contributed by atoms with Crippen LogP contribution in [0.2, 0.25) is 0 Å². The van der Waals surface area contributed by atoms with Gasteiger partial charge in [-0.25, -0.2) is 4.79 Å². The van der Waals surface area contributed by atoms with Gasteiger partial charge in [0.25, 0.3) is 0 Å². The Morgan fingerprint density at radius 2 is 1.74 bits per heavy atom. The minimum atomic E-state index is -0.260. The Hall–Kier alpha value is -3.39. The molecule has 1 aliphatic rings. The molecule has 4 aromatic rings. The lowest BCUT2D eigenvalue weighted by atomic mass is 9.71. The lowest BCUT2D eigenvalue weighted by molar-refractivity contribution is 0.0599. The average molecular weight is 449 g/mol. The number of hydrogen-bond donors (Lipinski definition) is 0. The molecule has 0 amide bonds. The average Bonchev–Trinajstić information content (AvgIpc) is 2.87. The Labute approximate surface area is 202 Å². The first-order chi connectivity index (χ1) is 16.5. The van der Waals surface area contributed by atoms with Gasteiger partial charge in [0.1, 0.15) is 0 Å². The van der Waals surface area contributed by atoms with Crippen LogP contribution < -0.4 is 0 Å². The fourth-order valence-corrected chi connectivity index (χ4v) is 5.90. The predicted molar refractivity (Wildman–Crippen MR) is 140 cm³/mol. The van der Waals surface area contributed by atoms with Crippen LogP contribution >= 0.6 is 0 Å². The highest BCUT2D eigenvalue weighted by atomic mass is 16.5. The molecule has 0 N–H and O–H groups in total. The quantitative estimate of drug-likeness (QED) is 0.291. The lowest BCUT2D eigenvalue weighted by Crippen LogP contribution is -2.21. The highest BCUT2D eigenvalue weighted by Gasteiger charge is 2.30. The van der Waals surface area contributed by atoms with Gasteiger partial charge in [0.05, 0.1) is 12.7 Å². The number of carbonyl (C=O) groups is 1. The monoisotopic (exact) mass is 448 g/mol. The van der Waals surface area contributed by atoms with Crippen molar-refractivity contribution in [2.75, 3.05) is 7.11 Å². The summed E-state index contributed by atoms with van der Waals surface area (Å²) in [5, 5.41) is 2.68. The third kappa shape index (κ3) is 4.25. The Kier molecular flexibility index (Phi) is 6.24. The summed E-state index contributed by atoms with van der Waals surface area (Å²) in [5.41, 5.74) is 7.12. The molecule has 2 unspecified atom stereocenters. The summed E-state index contributed by atoms with van der Waals surface area (Å²) in [6.07, 6.45) is 3.35. The number of esters is 1. The molecule has 0 fully saturated rings. The standard InChI is InChI=1S/C32H32O2/c1-21-15-16-26(20-30(21)32(33)34-3)31-19-23(18-25-10-5-7-13-29(25)31)17-22(2)27-14-8-11-24-9-4-6-12-28(24)27/h4-16,20,22-23,31H,17-19H2,1-3H3/t22-,23?,31?/m0/s1. The molecule has 3 atom stereocenters. The van der Waals surface area contributed by atoms with E-state index in [4.69, 9.17) is 4.74 Å². The van der Waals surface area contributed by atoms with E-state index in [1.165, 1.54) is 40.1 Å². The van der Waals surface area contributed by atoms with Gasteiger partial charge in [-0.1, -0.05) is 85.8 Å². The third-order valence-electron chi connectivity index (χ3n) is 7.62. The number of aryl methyl sites for hydroxylation is 1. The molecule has 0 bridgehead atoms. The molecule has 0 spiro atoms. The summed E-state index contributed by atoms with van der Waals surface area (Å²) < 4.78 is 5.05. The Balaban J connectivity index is 1.47. The second kappa shape index (κ2) is 9.46. The zero-order valence-corrected chi connectivity index (χ0v) is 20.3. The van der Waals surface area contributed by atoms with Crippen LogP contribution in [0.5, 0.6) is 0 Å². The summed E-state index contributed by atoms with van der Waals surface area (Å²) in [7, 11) is 1.45. The number of fused-ring (bicyclic) bond motifs is 2. The van der Waals surface area contributed by atoms with E-state index in [1.54, 1.807) is 0 Å². The van der Waals surface area contributed by atoms with Crippen LogP contribution in [0.15, 0.2) is 84.9 Å². The maximum Gasteiger partial charge on any atom is 0.338 e. The summed E-state index contributed by atoms with van der Waals surface area (Å²) in [6, 6.07) is 30.6. The van der Waals surface area contributed by atoms with Crippen LogP contribution in [0.4, 0.5) is 0 Å². The first-order valence-corrected chi connectivity index (χ1v) is 12.3. The summed E-state index contributed by atoms with van der Waals surface area (Å²) in [4.78, 5) is 12.4. The molecule has 2 nitrogen and oxygen atoms in total. The van der Waals surface area contributed by atoms with E-state index in [2.05, 4.69) is 91.9 Å². The zero-order valence-electron chi connectivity index (χ0n) is 20.3. The van der Waals surface area contributed by atoms with Crippen molar-refractivity contribution in [3.63, 3.8) is 0 Å². The van der Waals surface area contributed by atoms with Crippen LogP contribution in [-0.2, 0) is 11.2 Å². The maximum absolute atomic E-state index is 12.4. The van der Waals surface area contributed by atoms with E-state index < -0.39 is 0 Å². The van der Waals surface area contributed by atoms with Crippen LogP contribution in [0.25, 0.3) is 10.8 Å². The van der Waals surface area contributed by atoms with Gasteiger partial charge >= 0.3 is 5.97 Å². The van der Waals surface area contributed by atoms with Gasteiger partial charge < -0.3 is 4.74 Å². The molecular formula is C32H32O2. The summed E-state index contributed by atoms with van der Waals surface area (Å²) in [5.74, 6) is 1.09. The van der Waals surface area contributed by atoms with Crippen molar-refractivity contribution in [2.45, 2.75) is 44.9 Å². The summed E-state index contributed by atoms with van der Waals surface area (Å²) >= 11 is 0. The second-order valence-electron chi connectivity index (χ2n) is 9.83. The number of ether oxygens (including phenoxy) is 1. The molecule has 4 aromatic carbocycles. The molecule has 1 aliphatic carbocycles. The number of rotatable bonds is 5. The van der Waals surface area contributed by atoms with E-state index in [0.717, 1.165) is 24.8 Å². The van der Waals surface area contributed by atoms with Crippen molar-refractivity contribution in [3.8, 4) is 0 Å². The fraction of sp³-hybridized carbons (Fsp3) is 0.281. The molecule has 0 radical (unpaired) electrons. The smallest absolute Gasteiger partial charge is 0.338 e. The Morgan fingerprint density at radius 3 is 2.59 bits per heavy atom. The molecular weight excluding hydrogens is 416 g/mol. The molecule has 2 heteroatoms. The zero-order chi connectivity index (χ0) is 23.7. The van der Waals surface area contributed by atoms with Crippen molar-refractivity contribution in [2.24, 2.45) is 5.92 Å². The highest BCUT2D eigenvalue weighted by molar-refractivity contribution is 5.91. The molecule has 0 aromatic heterocycles. The van der Waals surface area contributed by atoms with E-state index >= 15 is 0 Å². The summed E-state index contributed by atoms with van der Waals surface area (Å²) in [6.45, 7) is 4.35. The molecule has 34 heavy (non-hydrogen) atoms. The molecule has 172 valence electrons. The van der Waals surface area contributed by atoms with Crippen molar-refractivity contribution in [1.82, 2.24) is 0 Å². The normalized spacial score (nSPS) is 18.3. The highest BCUT2D eigenvalue weighted by Crippen LogP contribution is 2.43. The van der Waals surface area contributed by atoms with Crippen LogP contribution in [0.1, 0.15) is 69.8 Å². The van der Waals surface area contributed by atoms with Crippen LogP contribution in [0.3, 0.4) is 0 Å². The predicted octanol–water partition coefficient (Wildman–Crippen LogP) is 7.82. The number of carbonyl (C=O) groups excluding carboxylic acids is 1. The topological polar surface area (TPSA) is 26.3 Å². The van der Waals surface area contributed by atoms with Crippen molar-refractivity contribution < 1.29 is 9.53 Å². The molecule has 5 rings (SSSR count). The van der Waals surface area contributed by atoms with Crippen LogP contribution in [-0.4, -0.2) is 13.1 Å². The first-order valence-electron chi connectivity index (χ1n) is 12.3. The van der Waals surface area contributed by atoms with Crippen molar-refractivity contribution >= 4 is 16.7 Å². The van der Waals surface area contributed by atoms with Gasteiger partial charge in [-0.05, 0) is 82.7 Å². The van der Waals surface area contributed by atoms with E-state index in [1.807, 2.05) is 6.92 Å². The van der Waals surface area contributed by atoms with Crippen molar-refractivity contribution in [1.29, 1.82) is 0 Å². The van der Waals surface area contributed by atoms with Gasteiger partial charge in [0.2, 0.25) is 0 Å². The van der Waals surface area contributed by atoms with E-state index in [-0.39, 0.29) is 5.97 Å². The number of methoxy groups -OCH3 is 1. The SMILES string of the molecule is COC(=O)c1cc(C2CC(C[C@H](C)c3cccc4ccccc34)Cc3ccccc32)ccc1C. The lowest BCUT2D eigenvalue weighted by Gasteiger charge is -2.34. The van der Waals surface area contributed by atoms with E-state index in [0.29, 0.717) is 23.3 Å². The van der Waals surface area contributed by atoms with Gasteiger partial charge in [0, 0.05) is 5.92 Å². The number of hydrogen-bond acceptors (Lipinski definition) is 2.